The summed E-state index contributed by atoms with van der Waals surface area (Å²) in [6.45, 7) is 7.54. The fourth-order valence-electron chi connectivity index (χ4n) is 4.70. The molecule has 2 aliphatic rings. The average molecular weight is 385 g/mol. The summed E-state index contributed by atoms with van der Waals surface area (Å²) in [5.74, 6) is 1.14. The van der Waals surface area contributed by atoms with Gasteiger partial charge in [0.1, 0.15) is 4.88 Å². The number of carbonyl (C=O) groups excluding carboxylic acids is 1. The maximum Gasteiger partial charge on any atom is 0.265 e. The van der Waals surface area contributed by atoms with Gasteiger partial charge in [-0.1, -0.05) is 41.7 Å². The third-order valence-electron chi connectivity index (χ3n) is 6.02. The lowest BCUT2D eigenvalue weighted by Crippen LogP contribution is -2.48. The minimum Gasteiger partial charge on any atom is -0.362 e. The summed E-state index contributed by atoms with van der Waals surface area (Å²) in [5.41, 5.74) is 2.24. The Bertz CT molecular complexity index is 806. The van der Waals surface area contributed by atoms with Gasteiger partial charge in [-0.05, 0) is 32.9 Å². The fourth-order valence-corrected chi connectivity index (χ4v) is 5.70. The summed E-state index contributed by atoms with van der Waals surface area (Å²) in [7, 11) is 2.23. The van der Waals surface area contributed by atoms with Gasteiger partial charge in [0.2, 0.25) is 0 Å². The Morgan fingerprint density at radius 3 is 2.81 bits per heavy atom. The molecule has 0 unspecified atom stereocenters. The Morgan fingerprint density at radius 1 is 1.30 bits per heavy atom. The number of fused-ring (bicyclic) bond motifs is 1. The highest BCUT2D eigenvalue weighted by atomic mass is 32.1. The van der Waals surface area contributed by atoms with Crippen LogP contribution in [0.3, 0.4) is 0 Å². The van der Waals surface area contributed by atoms with Crippen LogP contribution < -0.4 is 5.32 Å². The van der Waals surface area contributed by atoms with E-state index >= 15 is 0 Å². The predicted molar refractivity (Wildman–Crippen MR) is 111 cm³/mol. The van der Waals surface area contributed by atoms with Gasteiger partial charge in [-0.2, -0.15) is 0 Å². The molecular weight excluding hydrogens is 356 g/mol. The zero-order chi connectivity index (χ0) is 19.0. The SMILES string of the molecule is CCNc1nc(C)c(C(=O)N2CC[C@@H]3[C@H](C2)[C@@H](c2ccccc2)CN3C)s1. The minimum atomic E-state index is 0.147. The van der Waals surface area contributed by atoms with E-state index in [0.29, 0.717) is 17.9 Å². The van der Waals surface area contributed by atoms with Gasteiger partial charge in [0, 0.05) is 44.1 Å². The molecule has 0 bridgehead atoms. The number of hydrogen-bond donors (Lipinski definition) is 1. The van der Waals surface area contributed by atoms with Gasteiger partial charge in [-0.15, -0.1) is 0 Å². The van der Waals surface area contributed by atoms with E-state index in [-0.39, 0.29) is 5.91 Å². The number of aromatic nitrogens is 1. The Labute approximate surface area is 165 Å². The zero-order valence-corrected chi connectivity index (χ0v) is 17.1. The van der Waals surface area contributed by atoms with Gasteiger partial charge in [-0.3, -0.25) is 4.79 Å². The maximum absolute atomic E-state index is 13.2. The van der Waals surface area contributed by atoms with Crippen molar-refractivity contribution in [3.8, 4) is 0 Å². The molecule has 2 fully saturated rings. The van der Waals surface area contributed by atoms with Gasteiger partial charge in [0.25, 0.3) is 5.91 Å². The van der Waals surface area contributed by atoms with Crippen molar-refractivity contribution in [3.63, 3.8) is 0 Å². The van der Waals surface area contributed by atoms with Crippen molar-refractivity contribution in [1.29, 1.82) is 0 Å². The smallest absolute Gasteiger partial charge is 0.265 e. The van der Waals surface area contributed by atoms with Crippen molar-refractivity contribution in [2.75, 3.05) is 38.5 Å². The Balaban J connectivity index is 1.54. The normalized spacial score (nSPS) is 25.4. The number of thiazole rings is 1. The summed E-state index contributed by atoms with van der Waals surface area (Å²) in [4.78, 5) is 23.1. The molecule has 2 saturated heterocycles. The van der Waals surface area contributed by atoms with Crippen molar-refractivity contribution < 1.29 is 4.79 Å². The molecule has 1 N–H and O–H groups in total. The maximum atomic E-state index is 13.2. The van der Waals surface area contributed by atoms with Gasteiger partial charge in [-0.25, -0.2) is 4.98 Å². The molecule has 4 rings (SSSR count). The van der Waals surface area contributed by atoms with E-state index in [0.717, 1.165) is 48.3 Å². The Morgan fingerprint density at radius 2 is 2.07 bits per heavy atom. The molecule has 144 valence electrons. The molecule has 3 heterocycles. The number of amides is 1. The quantitative estimate of drug-likeness (QED) is 0.877. The molecule has 5 nitrogen and oxygen atoms in total. The molecule has 0 radical (unpaired) electrons. The summed E-state index contributed by atoms with van der Waals surface area (Å²) in [6.07, 6.45) is 1.05. The number of aryl methyl sites for hydroxylation is 1. The lowest BCUT2D eigenvalue weighted by atomic mass is 9.82. The van der Waals surface area contributed by atoms with Crippen LogP contribution in [0.1, 0.15) is 40.2 Å². The molecule has 1 amide bonds. The molecule has 1 aromatic heterocycles. The molecule has 0 spiro atoms. The van der Waals surface area contributed by atoms with Gasteiger partial charge < -0.3 is 15.1 Å². The number of likely N-dealkylation sites (tertiary alicyclic amines) is 2. The number of hydrogen-bond acceptors (Lipinski definition) is 5. The second-order valence-electron chi connectivity index (χ2n) is 7.69. The fraction of sp³-hybridized carbons (Fsp3) is 0.524. The van der Waals surface area contributed by atoms with E-state index in [2.05, 4.69) is 57.5 Å². The molecule has 2 aromatic rings. The summed E-state index contributed by atoms with van der Waals surface area (Å²) >= 11 is 1.48. The van der Waals surface area contributed by atoms with Crippen LogP contribution in [0.4, 0.5) is 5.13 Å². The number of benzene rings is 1. The molecule has 3 atom stereocenters. The molecule has 1 aromatic carbocycles. The largest absolute Gasteiger partial charge is 0.362 e. The molecule has 2 aliphatic heterocycles. The minimum absolute atomic E-state index is 0.147. The predicted octanol–water partition coefficient (Wildman–Crippen LogP) is 3.44. The first-order valence-corrected chi connectivity index (χ1v) is 10.7. The van der Waals surface area contributed by atoms with Crippen molar-refractivity contribution in [1.82, 2.24) is 14.8 Å². The highest BCUT2D eigenvalue weighted by Crippen LogP contribution is 2.41. The summed E-state index contributed by atoms with van der Waals surface area (Å²) in [5, 5.41) is 4.07. The van der Waals surface area contributed by atoms with E-state index in [1.165, 1.54) is 16.9 Å². The monoisotopic (exact) mass is 384 g/mol. The zero-order valence-electron chi connectivity index (χ0n) is 16.3. The third-order valence-corrected chi connectivity index (χ3v) is 7.12. The average Bonchev–Trinajstić information content (AvgIpc) is 3.22. The highest BCUT2D eigenvalue weighted by Gasteiger charge is 2.44. The number of carbonyl (C=O) groups is 1. The Kier molecular flexibility index (Phi) is 5.19. The van der Waals surface area contributed by atoms with E-state index < -0.39 is 0 Å². The lowest BCUT2D eigenvalue weighted by Gasteiger charge is -2.38. The first kappa shape index (κ1) is 18.4. The van der Waals surface area contributed by atoms with Crippen LogP contribution in [0, 0.1) is 12.8 Å². The van der Waals surface area contributed by atoms with E-state index in [1.54, 1.807) is 0 Å². The molecule has 0 saturated carbocycles. The van der Waals surface area contributed by atoms with Crippen LogP contribution in [0.5, 0.6) is 0 Å². The number of nitrogens with zero attached hydrogens (tertiary/aromatic N) is 3. The number of anilines is 1. The molecule has 6 heteroatoms. The van der Waals surface area contributed by atoms with Crippen LogP contribution in [0.15, 0.2) is 30.3 Å². The number of rotatable bonds is 4. The molecule has 0 aliphatic carbocycles. The Hall–Kier alpha value is -1.92. The van der Waals surface area contributed by atoms with Crippen LogP contribution in [0.2, 0.25) is 0 Å². The summed E-state index contributed by atoms with van der Waals surface area (Å²) < 4.78 is 0. The van der Waals surface area contributed by atoms with Gasteiger partial charge in [0.15, 0.2) is 5.13 Å². The number of likely N-dealkylation sites (N-methyl/N-ethyl adjacent to an activating group) is 1. The van der Waals surface area contributed by atoms with E-state index in [1.807, 2.05) is 13.8 Å². The second kappa shape index (κ2) is 7.60. The van der Waals surface area contributed by atoms with Crippen LogP contribution in [0.25, 0.3) is 0 Å². The topological polar surface area (TPSA) is 48.5 Å². The van der Waals surface area contributed by atoms with E-state index in [4.69, 9.17) is 0 Å². The van der Waals surface area contributed by atoms with Gasteiger partial charge in [0.05, 0.1) is 5.69 Å². The molecule has 27 heavy (non-hydrogen) atoms. The number of nitrogens with one attached hydrogen (secondary N) is 1. The second-order valence-corrected chi connectivity index (χ2v) is 8.69. The first-order valence-electron chi connectivity index (χ1n) is 9.84. The standard InChI is InChI=1S/C21H28N4OS/c1-4-22-21-23-14(2)19(27-21)20(26)25-11-10-18-17(13-25)16(12-24(18)3)15-8-6-5-7-9-15/h5-9,16-18H,4,10-13H2,1-3H3,(H,22,23)/t16-,17-,18-/m1/s1. The highest BCUT2D eigenvalue weighted by molar-refractivity contribution is 7.17. The van der Waals surface area contributed by atoms with E-state index in [9.17, 15) is 4.79 Å². The number of piperidine rings is 1. The van der Waals surface area contributed by atoms with Crippen molar-refractivity contribution >= 4 is 22.4 Å². The van der Waals surface area contributed by atoms with Crippen molar-refractivity contribution in [2.45, 2.75) is 32.2 Å². The van der Waals surface area contributed by atoms with Gasteiger partial charge >= 0.3 is 0 Å². The third kappa shape index (κ3) is 3.48. The summed E-state index contributed by atoms with van der Waals surface area (Å²) in [6, 6.07) is 11.4. The van der Waals surface area contributed by atoms with Crippen molar-refractivity contribution in [2.24, 2.45) is 5.92 Å². The van der Waals surface area contributed by atoms with Crippen LogP contribution in [-0.4, -0.2) is 60.0 Å². The first-order chi connectivity index (χ1) is 13.1. The van der Waals surface area contributed by atoms with Crippen LogP contribution in [-0.2, 0) is 0 Å². The van der Waals surface area contributed by atoms with Crippen molar-refractivity contribution in [3.05, 3.63) is 46.5 Å². The lowest BCUT2D eigenvalue weighted by molar-refractivity contribution is 0.0611. The molecular formula is C21H28N4OS. The van der Waals surface area contributed by atoms with Crippen LogP contribution >= 0.6 is 11.3 Å².